The van der Waals surface area contributed by atoms with Gasteiger partial charge in [-0.2, -0.15) is 0 Å². The van der Waals surface area contributed by atoms with E-state index < -0.39 is 23.4 Å². The predicted molar refractivity (Wildman–Crippen MR) is 109 cm³/mol. The Morgan fingerprint density at radius 2 is 1.21 bits per heavy atom. The first-order chi connectivity index (χ1) is 13.8. The van der Waals surface area contributed by atoms with Crippen molar-refractivity contribution in [3.8, 4) is 22.6 Å². The van der Waals surface area contributed by atoms with E-state index in [9.17, 15) is 30.0 Å². The first-order valence-corrected chi connectivity index (χ1v) is 8.77. The second kappa shape index (κ2) is 6.53. The molecule has 0 aromatic heterocycles. The van der Waals surface area contributed by atoms with E-state index in [0.29, 0.717) is 21.5 Å². The molecule has 4 aromatic rings. The van der Waals surface area contributed by atoms with Crippen molar-refractivity contribution in [1.29, 1.82) is 0 Å². The molecule has 4 N–H and O–H groups in total. The highest BCUT2D eigenvalue weighted by atomic mass is 16.4. The Labute approximate surface area is 164 Å². The van der Waals surface area contributed by atoms with E-state index >= 15 is 0 Å². The highest BCUT2D eigenvalue weighted by Crippen LogP contribution is 2.47. The van der Waals surface area contributed by atoms with Crippen LogP contribution < -0.4 is 0 Å². The van der Waals surface area contributed by atoms with E-state index in [1.165, 1.54) is 12.1 Å². The predicted octanol–water partition coefficient (Wildman–Crippen LogP) is 4.78. The molecule has 0 radical (unpaired) electrons. The third-order valence-electron chi connectivity index (χ3n) is 5.00. The van der Waals surface area contributed by atoms with Crippen LogP contribution in [0, 0.1) is 6.92 Å². The van der Waals surface area contributed by atoms with Crippen molar-refractivity contribution in [2.24, 2.45) is 0 Å². The molecule has 0 saturated carbocycles. The molecule has 4 aromatic carbocycles. The molecule has 0 aliphatic heterocycles. The highest BCUT2D eigenvalue weighted by molar-refractivity contribution is 6.15. The zero-order valence-electron chi connectivity index (χ0n) is 15.3. The molecule has 144 valence electrons. The van der Waals surface area contributed by atoms with Gasteiger partial charge in [-0.05, 0) is 40.6 Å². The average molecular weight is 388 g/mol. The molecule has 0 heterocycles. The van der Waals surface area contributed by atoms with E-state index in [-0.39, 0.29) is 22.3 Å². The van der Waals surface area contributed by atoms with Crippen molar-refractivity contribution in [1.82, 2.24) is 0 Å². The Morgan fingerprint density at radius 1 is 0.690 bits per heavy atom. The number of carboxylic acid groups (broad SMARTS) is 2. The van der Waals surface area contributed by atoms with Gasteiger partial charge in [0.15, 0.2) is 0 Å². The molecule has 0 aliphatic rings. The average Bonchev–Trinajstić information content (AvgIpc) is 2.67. The minimum Gasteiger partial charge on any atom is -0.506 e. The number of aromatic hydroxyl groups is 2. The number of hydrogen-bond donors (Lipinski definition) is 4. The van der Waals surface area contributed by atoms with Crippen LogP contribution in [0.25, 0.3) is 32.7 Å². The fraction of sp³-hybridized carbons (Fsp3) is 0.0435. The van der Waals surface area contributed by atoms with Crippen LogP contribution in [-0.4, -0.2) is 32.4 Å². The second-order valence-corrected chi connectivity index (χ2v) is 6.85. The number of aryl methyl sites for hydroxylation is 1. The maximum atomic E-state index is 11.7. The molecule has 0 atom stereocenters. The van der Waals surface area contributed by atoms with Crippen molar-refractivity contribution < 1.29 is 30.0 Å². The number of rotatable bonds is 3. The van der Waals surface area contributed by atoms with Gasteiger partial charge in [0.25, 0.3) is 0 Å². The molecule has 6 nitrogen and oxygen atoms in total. The van der Waals surface area contributed by atoms with Crippen molar-refractivity contribution >= 4 is 33.5 Å². The summed E-state index contributed by atoms with van der Waals surface area (Å²) in [4.78, 5) is 23.4. The number of hydrogen-bond acceptors (Lipinski definition) is 4. The van der Waals surface area contributed by atoms with E-state index in [0.717, 1.165) is 5.56 Å². The number of carbonyl (C=O) groups is 2. The molecule has 0 spiro atoms. The minimum atomic E-state index is -1.33. The summed E-state index contributed by atoms with van der Waals surface area (Å²) in [6.45, 7) is 1.85. The van der Waals surface area contributed by atoms with Gasteiger partial charge in [0.2, 0.25) is 0 Å². The van der Waals surface area contributed by atoms with Crippen molar-refractivity contribution in [2.75, 3.05) is 0 Å². The van der Waals surface area contributed by atoms with Crippen LogP contribution in [0.4, 0.5) is 0 Å². The lowest BCUT2D eigenvalue weighted by Crippen LogP contribution is -2.02. The van der Waals surface area contributed by atoms with Crippen LogP contribution in [0.15, 0.2) is 54.6 Å². The number of benzene rings is 4. The zero-order valence-corrected chi connectivity index (χ0v) is 15.3. The van der Waals surface area contributed by atoms with Gasteiger partial charge in [0.05, 0.1) is 0 Å². The summed E-state index contributed by atoms with van der Waals surface area (Å²) < 4.78 is 0. The number of carboxylic acids is 2. The largest absolute Gasteiger partial charge is 0.506 e. The number of fused-ring (bicyclic) bond motifs is 2. The summed E-state index contributed by atoms with van der Waals surface area (Å²) in [5.41, 5.74) is 0.381. The monoisotopic (exact) mass is 388 g/mol. The van der Waals surface area contributed by atoms with Crippen molar-refractivity contribution in [2.45, 2.75) is 6.92 Å². The smallest absolute Gasteiger partial charge is 0.339 e. The lowest BCUT2D eigenvalue weighted by molar-refractivity contribution is 0.0682. The van der Waals surface area contributed by atoms with Gasteiger partial charge in [-0.3, -0.25) is 0 Å². The molecular weight excluding hydrogens is 372 g/mol. The first kappa shape index (κ1) is 18.3. The van der Waals surface area contributed by atoms with E-state index in [1.807, 2.05) is 6.92 Å². The normalized spacial score (nSPS) is 11.1. The number of aromatic carboxylic acids is 2. The fourth-order valence-electron chi connectivity index (χ4n) is 3.68. The maximum Gasteiger partial charge on any atom is 0.339 e. The Hall–Kier alpha value is -4.06. The van der Waals surface area contributed by atoms with Crippen LogP contribution in [0.5, 0.6) is 11.5 Å². The molecule has 0 aliphatic carbocycles. The van der Waals surface area contributed by atoms with Crippen LogP contribution in [0.2, 0.25) is 0 Å². The van der Waals surface area contributed by atoms with Crippen LogP contribution in [0.1, 0.15) is 26.3 Å². The maximum absolute atomic E-state index is 11.7. The van der Waals surface area contributed by atoms with Gasteiger partial charge in [0, 0.05) is 11.1 Å². The molecule has 0 saturated heterocycles. The summed E-state index contributed by atoms with van der Waals surface area (Å²) in [5, 5.41) is 42.9. The molecule has 6 heteroatoms. The second-order valence-electron chi connectivity index (χ2n) is 6.85. The Morgan fingerprint density at radius 3 is 1.79 bits per heavy atom. The lowest BCUT2D eigenvalue weighted by atomic mass is 9.88. The summed E-state index contributed by atoms with van der Waals surface area (Å²) in [7, 11) is 0. The Kier molecular flexibility index (Phi) is 4.12. The molecule has 0 fully saturated rings. The third-order valence-corrected chi connectivity index (χ3v) is 5.00. The zero-order chi connectivity index (χ0) is 20.9. The van der Waals surface area contributed by atoms with Gasteiger partial charge >= 0.3 is 11.9 Å². The van der Waals surface area contributed by atoms with Crippen molar-refractivity contribution in [3.05, 3.63) is 71.3 Å². The van der Waals surface area contributed by atoms with Crippen LogP contribution in [-0.2, 0) is 0 Å². The minimum absolute atomic E-state index is 0.0787. The summed E-state index contributed by atoms with van der Waals surface area (Å²) >= 11 is 0. The third kappa shape index (κ3) is 2.82. The molecular formula is C23H16O6. The molecule has 0 bridgehead atoms. The summed E-state index contributed by atoms with van der Waals surface area (Å²) in [6, 6.07) is 14.8. The van der Waals surface area contributed by atoms with Crippen molar-refractivity contribution in [3.63, 3.8) is 0 Å². The standard InChI is InChI=1S/C23H16O6/c1-11-6-7-15-13(8-11)10-17(23(28)29)21(25)19(15)18-14-5-3-2-4-12(14)9-16(20(18)24)22(26)27/h2-10,24-25H,1H3,(H,26,27)(H,28,29). The van der Waals surface area contributed by atoms with E-state index in [4.69, 9.17) is 0 Å². The Bertz CT molecular complexity index is 1340. The van der Waals surface area contributed by atoms with Gasteiger partial charge in [-0.25, -0.2) is 9.59 Å². The van der Waals surface area contributed by atoms with Gasteiger partial charge < -0.3 is 20.4 Å². The highest BCUT2D eigenvalue weighted by Gasteiger charge is 2.25. The molecule has 4 rings (SSSR count). The van der Waals surface area contributed by atoms with Gasteiger partial charge in [-0.1, -0.05) is 48.0 Å². The summed E-state index contributed by atoms with van der Waals surface area (Å²) in [5.74, 6) is -3.72. The molecule has 0 unspecified atom stereocenters. The van der Waals surface area contributed by atoms with E-state index in [1.54, 1.807) is 42.5 Å². The van der Waals surface area contributed by atoms with Crippen LogP contribution in [0.3, 0.4) is 0 Å². The topological polar surface area (TPSA) is 115 Å². The first-order valence-electron chi connectivity index (χ1n) is 8.77. The Balaban J connectivity index is 2.28. The van der Waals surface area contributed by atoms with E-state index in [2.05, 4.69) is 0 Å². The SMILES string of the molecule is Cc1ccc2c(-c3c(O)c(C(=O)O)cc4ccccc34)c(O)c(C(=O)O)cc2c1. The van der Waals surface area contributed by atoms with Gasteiger partial charge in [0.1, 0.15) is 22.6 Å². The molecule has 29 heavy (non-hydrogen) atoms. The summed E-state index contributed by atoms with van der Waals surface area (Å²) in [6.07, 6.45) is 0. The number of phenols is 2. The van der Waals surface area contributed by atoms with Crippen LogP contribution >= 0.6 is 0 Å². The van der Waals surface area contributed by atoms with Gasteiger partial charge in [-0.15, -0.1) is 0 Å². The quantitative estimate of drug-likeness (QED) is 0.402. The lowest BCUT2D eigenvalue weighted by Gasteiger charge is -2.17. The fourth-order valence-corrected chi connectivity index (χ4v) is 3.68. The molecule has 0 amide bonds.